The van der Waals surface area contributed by atoms with Gasteiger partial charge in [-0.05, 0) is 55.3 Å². The third-order valence-electron chi connectivity index (χ3n) is 4.89. The van der Waals surface area contributed by atoms with E-state index in [2.05, 4.69) is 44.3 Å². The first-order valence-corrected chi connectivity index (χ1v) is 9.20. The van der Waals surface area contributed by atoms with Gasteiger partial charge < -0.3 is 4.74 Å². The van der Waals surface area contributed by atoms with Crippen molar-refractivity contribution in [3.8, 4) is 5.75 Å². The van der Waals surface area contributed by atoms with Gasteiger partial charge in [0.15, 0.2) is 0 Å². The fourth-order valence-corrected chi connectivity index (χ4v) is 3.58. The number of nitrogens with zero attached hydrogens (tertiary/aromatic N) is 3. The summed E-state index contributed by atoms with van der Waals surface area (Å²) >= 11 is 0. The van der Waals surface area contributed by atoms with Crippen LogP contribution in [0.25, 0.3) is 0 Å². The summed E-state index contributed by atoms with van der Waals surface area (Å²) in [4.78, 5) is 6.82. The van der Waals surface area contributed by atoms with Crippen molar-refractivity contribution in [3.63, 3.8) is 0 Å². The van der Waals surface area contributed by atoms with Gasteiger partial charge in [-0.2, -0.15) is 5.10 Å². The molecule has 3 aromatic rings. The van der Waals surface area contributed by atoms with E-state index in [0.717, 1.165) is 31.1 Å². The second-order valence-corrected chi connectivity index (χ2v) is 6.84. The highest BCUT2D eigenvalue weighted by Crippen LogP contribution is 2.26. The van der Waals surface area contributed by atoms with Gasteiger partial charge in [0.25, 0.3) is 0 Å². The molecule has 1 aromatic carbocycles. The summed E-state index contributed by atoms with van der Waals surface area (Å²) in [5, 5.41) is 7.23. The molecule has 0 bridgehead atoms. The molecule has 134 valence electrons. The lowest BCUT2D eigenvalue weighted by Gasteiger charge is -2.32. The van der Waals surface area contributed by atoms with Crippen LogP contribution in [0.15, 0.2) is 60.9 Å². The molecule has 1 atom stereocenters. The van der Waals surface area contributed by atoms with Gasteiger partial charge in [0.2, 0.25) is 0 Å². The first-order valence-electron chi connectivity index (χ1n) is 9.20. The van der Waals surface area contributed by atoms with Crippen molar-refractivity contribution in [2.45, 2.75) is 31.9 Å². The van der Waals surface area contributed by atoms with E-state index in [9.17, 15) is 0 Å². The lowest BCUT2D eigenvalue weighted by molar-refractivity contribution is 0.198. The predicted molar refractivity (Wildman–Crippen MR) is 101 cm³/mol. The number of hydrogen-bond donors (Lipinski definition) is 1. The highest BCUT2D eigenvalue weighted by Gasteiger charge is 2.22. The first kappa shape index (κ1) is 16.8. The Morgan fingerprint density at radius 1 is 1.12 bits per heavy atom. The van der Waals surface area contributed by atoms with E-state index in [1.165, 1.54) is 24.1 Å². The van der Waals surface area contributed by atoms with E-state index in [0.29, 0.717) is 12.5 Å². The number of hydrogen-bond acceptors (Lipinski definition) is 4. The monoisotopic (exact) mass is 348 g/mol. The maximum Gasteiger partial charge on any atom is 0.130 e. The number of benzene rings is 1. The van der Waals surface area contributed by atoms with Crippen LogP contribution in [-0.4, -0.2) is 33.2 Å². The number of H-pyrrole nitrogens is 1. The molecule has 1 aliphatic heterocycles. The van der Waals surface area contributed by atoms with Crippen molar-refractivity contribution < 1.29 is 4.74 Å². The first-order chi connectivity index (χ1) is 12.9. The SMILES string of the molecule is c1ccc(COc2cccc(CN3CCC[C@@H](c4ccn[nH]4)C3)c2)nc1. The van der Waals surface area contributed by atoms with Crippen LogP contribution in [-0.2, 0) is 13.2 Å². The highest BCUT2D eigenvalue weighted by atomic mass is 16.5. The molecule has 1 aliphatic rings. The van der Waals surface area contributed by atoms with Crippen LogP contribution in [0.5, 0.6) is 5.75 Å². The number of piperidine rings is 1. The van der Waals surface area contributed by atoms with Gasteiger partial charge in [0.05, 0.1) is 5.69 Å². The number of ether oxygens (including phenoxy) is 1. The van der Waals surface area contributed by atoms with Crippen molar-refractivity contribution in [3.05, 3.63) is 77.9 Å². The Morgan fingerprint density at radius 3 is 2.96 bits per heavy atom. The van der Waals surface area contributed by atoms with E-state index >= 15 is 0 Å². The van der Waals surface area contributed by atoms with Gasteiger partial charge in [-0.25, -0.2) is 0 Å². The average molecular weight is 348 g/mol. The molecular formula is C21H24N4O. The maximum atomic E-state index is 5.91. The quantitative estimate of drug-likeness (QED) is 0.737. The Balaban J connectivity index is 1.36. The molecule has 4 rings (SSSR count). The van der Waals surface area contributed by atoms with E-state index in [1.807, 2.05) is 30.5 Å². The number of likely N-dealkylation sites (tertiary alicyclic amines) is 1. The zero-order valence-corrected chi connectivity index (χ0v) is 14.8. The standard InChI is InChI=1S/C21H24N4O/c1-2-10-22-19(7-1)16-26-20-8-3-5-17(13-20)14-25-12-4-6-18(15-25)21-9-11-23-24-21/h1-3,5,7-11,13,18H,4,6,12,14-16H2,(H,23,24)/t18-/m1/s1. The van der Waals surface area contributed by atoms with Crippen LogP contribution < -0.4 is 4.74 Å². The molecule has 5 nitrogen and oxygen atoms in total. The molecule has 1 N–H and O–H groups in total. The van der Waals surface area contributed by atoms with Crippen LogP contribution in [0.2, 0.25) is 0 Å². The van der Waals surface area contributed by atoms with Gasteiger partial charge >= 0.3 is 0 Å². The van der Waals surface area contributed by atoms with Gasteiger partial charge in [0.1, 0.15) is 12.4 Å². The van der Waals surface area contributed by atoms with Gasteiger partial charge in [-0.15, -0.1) is 0 Å². The second-order valence-electron chi connectivity index (χ2n) is 6.84. The molecule has 0 aliphatic carbocycles. The predicted octanol–water partition coefficient (Wildman–Crippen LogP) is 3.76. The molecule has 26 heavy (non-hydrogen) atoms. The summed E-state index contributed by atoms with van der Waals surface area (Å²) in [6.07, 6.45) is 6.09. The highest BCUT2D eigenvalue weighted by molar-refractivity contribution is 5.28. The van der Waals surface area contributed by atoms with Crippen molar-refractivity contribution in [1.82, 2.24) is 20.1 Å². The van der Waals surface area contributed by atoms with Crippen LogP contribution in [0.4, 0.5) is 0 Å². The van der Waals surface area contributed by atoms with Crippen LogP contribution >= 0.6 is 0 Å². The van der Waals surface area contributed by atoms with Gasteiger partial charge in [0, 0.05) is 37.1 Å². The lowest BCUT2D eigenvalue weighted by atomic mass is 9.94. The Kier molecular flexibility index (Phi) is 5.26. The van der Waals surface area contributed by atoms with E-state index in [-0.39, 0.29) is 0 Å². The van der Waals surface area contributed by atoms with Gasteiger partial charge in [-0.1, -0.05) is 18.2 Å². The molecule has 2 aromatic heterocycles. The second kappa shape index (κ2) is 8.15. The molecule has 0 radical (unpaired) electrons. The summed E-state index contributed by atoms with van der Waals surface area (Å²) in [6.45, 7) is 3.66. The van der Waals surface area contributed by atoms with Crippen molar-refractivity contribution in [1.29, 1.82) is 0 Å². The summed E-state index contributed by atoms with van der Waals surface area (Å²) in [5.41, 5.74) is 3.48. The number of pyridine rings is 1. The molecule has 3 heterocycles. The third-order valence-corrected chi connectivity index (χ3v) is 4.89. The van der Waals surface area contributed by atoms with Crippen molar-refractivity contribution in [2.24, 2.45) is 0 Å². The Labute approximate surface area is 154 Å². The van der Waals surface area contributed by atoms with Gasteiger partial charge in [-0.3, -0.25) is 15.0 Å². The van der Waals surface area contributed by atoms with Crippen LogP contribution in [0.3, 0.4) is 0 Å². The smallest absolute Gasteiger partial charge is 0.130 e. The van der Waals surface area contributed by atoms with Crippen LogP contribution in [0, 0.1) is 0 Å². The molecular weight excluding hydrogens is 324 g/mol. The molecule has 5 heteroatoms. The molecule has 1 saturated heterocycles. The largest absolute Gasteiger partial charge is 0.487 e. The normalized spacial score (nSPS) is 17.9. The summed E-state index contributed by atoms with van der Waals surface area (Å²) < 4.78 is 5.91. The minimum atomic E-state index is 0.496. The Bertz CT molecular complexity index is 804. The summed E-state index contributed by atoms with van der Waals surface area (Å²) in [5.74, 6) is 1.45. The summed E-state index contributed by atoms with van der Waals surface area (Å²) in [6, 6.07) is 16.4. The fourth-order valence-electron chi connectivity index (χ4n) is 3.58. The number of rotatable bonds is 6. The average Bonchev–Trinajstić information content (AvgIpc) is 3.23. The van der Waals surface area contributed by atoms with Crippen molar-refractivity contribution in [2.75, 3.05) is 13.1 Å². The molecule has 0 unspecified atom stereocenters. The lowest BCUT2D eigenvalue weighted by Crippen LogP contribution is -2.34. The molecule has 0 spiro atoms. The minimum Gasteiger partial charge on any atom is -0.487 e. The zero-order chi connectivity index (χ0) is 17.6. The topological polar surface area (TPSA) is 54.0 Å². The van der Waals surface area contributed by atoms with Crippen molar-refractivity contribution >= 4 is 0 Å². The number of aromatic nitrogens is 3. The van der Waals surface area contributed by atoms with E-state index < -0.39 is 0 Å². The maximum absolute atomic E-state index is 5.91. The zero-order valence-electron chi connectivity index (χ0n) is 14.8. The van der Waals surface area contributed by atoms with Crippen LogP contribution in [0.1, 0.15) is 35.7 Å². The molecule has 0 saturated carbocycles. The third kappa shape index (κ3) is 4.29. The Morgan fingerprint density at radius 2 is 2.12 bits per heavy atom. The fraction of sp³-hybridized carbons (Fsp3) is 0.333. The summed E-state index contributed by atoms with van der Waals surface area (Å²) in [7, 11) is 0. The minimum absolute atomic E-state index is 0.496. The van der Waals surface area contributed by atoms with E-state index in [1.54, 1.807) is 6.20 Å². The van der Waals surface area contributed by atoms with E-state index in [4.69, 9.17) is 4.74 Å². The number of nitrogens with one attached hydrogen (secondary N) is 1. The molecule has 1 fully saturated rings. The Hall–Kier alpha value is -2.66. The molecule has 0 amide bonds. The number of aromatic amines is 1.